The summed E-state index contributed by atoms with van der Waals surface area (Å²) >= 11 is 0. The fraction of sp³-hybridized carbons (Fsp3) is 0.263. The number of rotatable bonds is 3. The number of hydrogen-bond donors (Lipinski definition) is 1. The van der Waals surface area contributed by atoms with E-state index >= 15 is 0 Å². The van der Waals surface area contributed by atoms with E-state index < -0.39 is 17.5 Å². The van der Waals surface area contributed by atoms with Gasteiger partial charge in [-0.25, -0.2) is 8.78 Å². The number of anilines is 1. The Morgan fingerprint density at radius 1 is 1.12 bits per heavy atom. The first-order valence-corrected chi connectivity index (χ1v) is 8.14. The monoisotopic (exact) mass is 344 g/mol. The standard InChI is InChI=1S/C19H18F2N2O2/c1-2-18(24)23-8-7-12-3-5-15(9-13(12)11-23)22-19(25)16-6-4-14(20)10-17(16)21/h3-6,9-10H,2,7-8,11H2,1H3,(H,22,25). The molecule has 4 nitrogen and oxygen atoms in total. The van der Waals surface area contributed by atoms with Gasteiger partial charge in [-0.15, -0.1) is 0 Å². The maximum Gasteiger partial charge on any atom is 0.258 e. The van der Waals surface area contributed by atoms with Crippen LogP contribution in [0.25, 0.3) is 0 Å². The Morgan fingerprint density at radius 3 is 2.64 bits per heavy atom. The lowest BCUT2D eigenvalue weighted by molar-refractivity contribution is -0.131. The van der Waals surface area contributed by atoms with E-state index in [1.54, 1.807) is 17.0 Å². The molecular weight excluding hydrogens is 326 g/mol. The van der Waals surface area contributed by atoms with Gasteiger partial charge in [-0.3, -0.25) is 9.59 Å². The molecule has 0 radical (unpaired) electrons. The summed E-state index contributed by atoms with van der Waals surface area (Å²) in [4.78, 5) is 25.9. The fourth-order valence-corrected chi connectivity index (χ4v) is 2.94. The molecule has 0 bridgehead atoms. The van der Waals surface area contributed by atoms with Gasteiger partial charge in [-0.1, -0.05) is 13.0 Å². The predicted molar refractivity (Wildman–Crippen MR) is 90.2 cm³/mol. The highest BCUT2D eigenvalue weighted by Crippen LogP contribution is 2.24. The van der Waals surface area contributed by atoms with Crippen LogP contribution in [0.15, 0.2) is 36.4 Å². The van der Waals surface area contributed by atoms with Gasteiger partial charge < -0.3 is 10.2 Å². The highest BCUT2D eigenvalue weighted by Gasteiger charge is 2.20. The van der Waals surface area contributed by atoms with Gasteiger partial charge >= 0.3 is 0 Å². The molecule has 25 heavy (non-hydrogen) atoms. The number of hydrogen-bond acceptors (Lipinski definition) is 2. The Labute approximate surface area is 144 Å². The van der Waals surface area contributed by atoms with E-state index in [1.807, 2.05) is 13.0 Å². The van der Waals surface area contributed by atoms with E-state index in [0.29, 0.717) is 31.3 Å². The molecule has 2 amide bonds. The van der Waals surface area contributed by atoms with Crippen LogP contribution in [-0.2, 0) is 17.8 Å². The number of amides is 2. The molecule has 6 heteroatoms. The first-order valence-electron chi connectivity index (χ1n) is 8.14. The smallest absolute Gasteiger partial charge is 0.258 e. The Kier molecular flexibility index (Phi) is 4.79. The van der Waals surface area contributed by atoms with Gasteiger partial charge in [0.25, 0.3) is 5.91 Å². The average molecular weight is 344 g/mol. The number of carbonyl (C=O) groups excluding carboxylic acids is 2. The van der Waals surface area contributed by atoms with Gasteiger partial charge in [0.2, 0.25) is 5.91 Å². The summed E-state index contributed by atoms with van der Waals surface area (Å²) in [6.45, 7) is 3.01. The zero-order valence-electron chi connectivity index (χ0n) is 13.8. The Bertz CT molecular complexity index is 836. The van der Waals surface area contributed by atoms with Crippen LogP contribution in [0.1, 0.15) is 34.8 Å². The summed E-state index contributed by atoms with van der Waals surface area (Å²) in [6.07, 6.45) is 1.22. The van der Waals surface area contributed by atoms with Crippen molar-refractivity contribution >= 4 is 17.5 Å². The third-order valence-corrected chi connectivity index (χ3v) is 4.31. The van der Waals surface area contributed by atoms with Crippen molar-refractivity contribution < 1.29 is 18.4 Å². The second kappa shape index (κ2) is 7.01. The van der Waals surface area contributed by atoms with Crippen LogP contribution in [-0.4, -0.2) is 23.3 Å². The van der Waals surface area contributed by atoms with Crippen LogP contribution in [0, 0.1) is 11.6 Å². The van der Waals surface area contributed by atoms with Crippen molar-refractivity contribution in [2.45, 2.75) is 26.3 Å². The number of nitrogens with zero attached hydrogens (tertiary/aromatic N) is 1. The molecule has 2 aromatic rings. The van der Waals surface area contributed by atoms with E-state index in [4.69, 9.17) is 0 Å². The summed E-state index contributed by atoms with van der Waals surface area (Å²) in [5, 5.41) is 2.62. The van der Waals surface area contributed by atoms with Crippen molar-refractivity contribution in [1.82, 2.24) is 4.90 Å². The minimum Gasteiger partial charge on any atom is -0.338 e. The van der Waals surface area contributed by atoms with E-state index in [2.05, 4.69) is 5.32 Å². The molecule has 1 aliphatic rings. The molecule has 0 spiro atoms. The van der Waals surface area contributed by atoms with Crippen molar-refractivity contribution in [3.05, 3.63) is 64.7 Å². The van der Waals surface area contributed by atoms with Crippen LogP contribution in [0.5, 0.6) is 0 Å². The fourth-order valence-electron chi connectivity index (χ4n) is 2.94. The zero-order valence-corrected chi connectivity index (χ0v) is 13.8. The van der Waals surface area contributed by atoms with Crippen molar-refractivity contribution in [2.75, 3.05) is 11.9 Å². The number of nitrogens with one attached hydrogen (secondary N) is 1. The van der Waals surface area contributed by atoms with Gasteiger partial charge in [-0.2, -0.15) is 0 Å². The van der Waals surface area contributed by atoms with Gasteiger partial charge in [0.05, 0.1) is 5.56 Å². The SMILES string of the molecule is CCC(=O)N1CCc2ccc(NC(=O)c3ccc(F)cc3F)cc2C1. The maximum atomic E-state index is 13.7. The van der Waals surface area contributed by atoms with E-state index in [0.717, 1.165) is 29.7 Å². The van der Waals surface area contributed by atoms with Crippen LogP contribution in [0.4, 0.5) is 14.5 Å². The largest absolute Gasteiger partial charge is 0.338 e. The molecule has 130 valence electrons. The van der Waals surface area contributed by atoms with Crippen molar-refractivity contribution in [1.29, 1.82) is 0 Å². The number of benzene rings is 2. The minimum atomic E-state index is -0.907. The second-order valence-electron chi connectivity index (χ2n) is 5.98. The van der Waals surface area contributed by atoms with Gasteiger partial charge in [0.15, 0.2) is 0 Å². The molecule has 0 aliphatic carbocycles. The van der Waals surface area contributed by atoms with E-state index in [9.17, 15) is 18.4 Å². The average Bonchev–Trinajstić information content (AvgIpc) is 2.60. The molecule has 3 rings (SSSR count). The Hall–Kier alpha value is -2.76. The van der Waals surface area contributed by atoms with E-state index in [1.165, 1.54) is 0 Å². The number of fused-ring (bicyclic) bond motifs is 1. The summed E-state index contributed by atoms with van der Waals surface area (Å²) in [6, 6.07) is 8.27. The summed E-state index contributed by atoms with van der Waals surface area (Å²) in [5.41, 5.74) is 2.39. The molecule has 1 aliphatic heterocycles. The molecule has 2 aromatic carbocycles. The van der Waals surface area contributed by atoms with Gasteiger partial charge in [0.1, 0.15) is 11.6 Å². The molecule has 0 unspecified atom stereocenters. The highest BCUT2D eigenvalue weighted by molar-refractivity contribution is 6.04. The summed E-state index contributed by atoms with van der Waals surface area (Å²) in [7, 11) is 0. The Morgan fingerprint density at radius 2 is 1.92 bits per heavy atom. The molecule has 0 atom stereocenters. The normalized spacial score (nSPS) is 13.3. The third-order valence-electron chi connectivity index (χ3n) is 4.31. The van der Waals surface area contributed by atoms with Crippen molar-refractivity contribution in [2.24, 2.45) is 0 Å². The van der Waals surface area contributed by atoms with Crippen molar-refractivity contribution in [3.8, 4) is 0 Å². The number of carbonyl (C=O) groups is 2. The topological polar surface area (TPSA) is 49.4 Å². The summed E-state index contributed by atoms with van der Waals surface area (Å²) < 4.78 is 26.7. The number of halogens is 2. The maximum absolute atomic E-state index is 13.7. The second-order valence-corrected chi connectivity index (χ2v) is 5.98. The predicted octanol–water partition coefficient (Wildman–Crippen LogP) is 3.51. The molecule has 1 heterocycles. The van der Waals surface area contributed by atoms with Crippen molar-refractivity contribution in [3.63, 3.8) is 0 Å². The first kappa shape index (κ1) is 17.1. The molecule has 0 fully saturated rings. The van der Waals surface area contributed by atoms with Gasteiger partial charge in [-0.05, 0) is 41.8 Å². The molecule has 0 aromatic heterocycles. The van der Waals surface area contributed by atoms with Crippen LogP contribution in [0.2, 0.25) is 0 Å². The highest BCUT2D eigenvalue weighted by atomic mass is 19.1. The molecule has 1 N–H and O–H groups in total. The molecular formula is C19H18F2N2O2. The van der Waals surface area contributed by atoms with Gasteiger partial charge in [0, 0.05) is 31.3 Å². The van der Waals surface area contributed by atoms with Crippen LogP contribution >= 0.6 is 0 Å². The van der Waals surface area contributed by atoms with E-state index in [-0.39, 0.29) is 11.5 Å². The molecule has 0 saturated carbocycles. The Balaban J connectivity index is 1.78. The molecule has 0 saturated heterocycles. The lowest BCUT2D eigenvalue weighted by Gasteiger charge is -2.29. The third kappa shape index (κ3) is 3.68. The van der Waals surface area contributed by atoms with Crippen LogP contribution < -0.4 is 5.32 Å². The van der Waals surface area contributed by atoms with Crippen LogP contribution in [0.3, 0.4) is 0 Å². The lowest BCUT2D eigenvalue weighted by atomic mass is 9.98. The summed E-state index contributed by atoms with van der Waals surface area (Å²) in [5.74, 6) is -2.19. The minimum absolute atomic E-state index is 0.0912. The first-order chi connectivity index (χ1) is 12.0. The quantitative estimate of drug-likeness (QED) is 0.926. The zero-order chi connectivity index (χ0) is 18.0. The lowest BCUT2D eigenvalue weighted by Crippen LogP contribution is -2.35.